The Bertz CT molecular complexity index is 815. The molecule has 6 heteroatoms. The van der Waals surface area contributed by atoms with E-state index in [-0.39, 0.29) is 11.7 Å². The number of halogens is 1. The van der Waals surface area contributed by atoms with Gasteiger partial charge in [-0.2, -0.15) is 0 Å². The summed E-state index contributed by atoms with van der Waals surface area (Å²) in [7, 11) is 0. The molecule has 0 aliphatic carbocycles. The topological polar surface area (TPSA) is 62.2 Å². The zero-order valence-corrected chi connectivity index (χ0v) is 13.7. The van der Waals surface area contributed by atoms with E-state index in [4.69, 9.17) is 0 Å². The lowest BCUT2D eigenvalue weighted by Gasteiger charge is -2.01. The summed E-state index contributed by atoms with van der Waals surface area (Å²) in [4.78, 5) is 16.5. The minimum atomic E-state index is -0.204. The van der Waals surface area contributed by atoms with Crippen LogP contribution in [0.2, 0.25) is 0 Å². The number of thiazole rings is 1. The Morgan fingerprint density at radius 1 is 1.18 bits per heavy atom. The Hall–Kier alpha value is -2.18. The van der Waals surface area contributed by atoms with Gasteiger partial charge >= 0.3 is 0 Å². The fourth-order valence-corrected chi connectivity index (χ4v) is 2.88. The number of carbonyl (C=O) groups excluding carboxylic acids is 1. The van der Waals surface area contributed by atoms with E-state index in [2.05, 4.69) is 26.2 Å². The van der Waals surface area contributed by atoms with Crippen LogP contribution in [0, 0.1) is 0 Å². The third-order valence-electron chi connectivity index (χ3n) is 2.97. The molecule has 0 saturated heterocycles. The molecule has 0 bridgehead atoms. The second kappa shape index (κ2) is 6.29. The number of phenols is 1. The molecule has 0 atom stereocenters. The predicted octanol–water partition coefficient (Wildman–Crippen LogP) is 4.53. The van der Waals surface area contributed by atoms with E-state index in [0.29, 0.717) is 16.4 Å². The third-order valence-corrected chi connectivity index (χ3v) is 4.26. The number of nitrogens with zero attached hydrogens (tertiary/aromatic N) is 1. The molecule has 0 radical (unpaired) electrons. The molecular weight excluding hydrogens is 364 g/mol. The Kier molecular flexibility index (Phi) is 4.22. The van der Waals surface area contributed by atoms with E-state index in [1.54, 1.807) is 30.3 Å². The summed E-state index contributed by atoms with van der Waals surface area (Å²) in [5, 5.41) is 14.6. The first-order valence-corrected chi connectivity index (χ1v) is 8.11. The molecule has 0 aliphatic rings. The number of hydrogen-bond donors (Lipinski definition) is 2. The van der Waals surface area contributed by atoms with Crippen molar-refractivity contribution in [3.05, 3.63) is 63.9 Å². The molecule has 2 N–H and O–H groups in total. The van der Waals surface area contributed by atoms with Gasteiger partial charge in [-0.1, -0.05) is 28.1 Å². The lowest BCUT2D eigenvalue weighted by molar-refractivity contribution is 0.102. The molecular formula is C16H11BrN2O2S. The molecule has 0 spiro atoms. The number of amides is 1. The number of nitrogens with one attached hydrogen (secondary N) is 1. The van der Waals surface area contributed by atoms with Gasteiger partial charge in [0.05, 0.1) is 5.69 Å². The predicted molar refractivity (Wildman–Crippen MR) is 91.3 cm³/mol. The first kappa shape index (κ1) is 14.7. The maximum atomic E-state index is 12.1. The molecule has 0 saturated carbocycles. The fourth-order valence-electron chi connectivity index (χ4n) is 1.90. The molecule has 3 rings (SSSR count). The van der Waals surface area contributed by atoms with E-state index < -0.39 is 0 Å². The van der Waals surface area contributed by atoms with Gasteiger partial charge in [-0.15, -0.1) is 11.3 Å². The largest absolute Gasteiger partial charge is 0.508 e. The van der Waals surface area contributed by atoms with Gasteiger partial charge in [0, 0.05) is 21.0 Å². The monoisotopic (exact) mass is 374 g/mol. The minimum absolute atomic E-state index is 0.186. The van der Waals surface area contributed by atoms with Gasteiger partial charge in [-0.05, 0) is 36.4 Å². The molecule has 4 nitrogen and oxygen atoms in total. The van der Waals surface area contributed by atoms with Crippen LogP contribution in [0.1, 0.15) is 10.4 Å². The standard InChI is InChI=1S/C16H11BrN2O2S/c17-12-6-4-10(5-7-12)15(21)19-16-18-14(9-22-16)11-2-1-3-13(20)8-11/h1-9,20H,(H,18,19,21). The maximum absolute atomic E-state index is 12.1. The number of benzene rings is 2. The van der Waals surface area contributed by atoms with Gasteiger partial charge in [0.15, 0.2) is 5.13 Å². The summed E-state index contributed by atoms with van der Waals surface area (Å²) in [5.41, 5.74) is 2.09. The van der Waals surface area contributed by atoms with Crippen LogP contribution in [0.25, 0.3) is 11.3 Å². The number of aromatic nitrogens is 1. The average molecular weight is 375 g/mol. The fraction of sp³-hybridized carbons (Fsp3) is 0. The highest BCUT2D eigenvalue weighted by atomic mass is 79.9. The smallest absolute Gasteiger partial charge is 0.257 e. The van der Waals surface area contributed by atoms with Crippen molar-refractivity contribution in [2.24, 2.45) is 0 Å². The van der Waals surface area contributed by atoms with Crippen molar-refractivity contribution in [2.45, 2.75) is 0 Å². The molecule has 0 unspecified atom stereocenters. The van der Waals surface area contributed by atoms with Crippen LogP contribution < -0.4 is 5.32 Å². The Balaban J connectivity index is 1.77. The molecule has 0 fully saturated rings. The van der Waals surface area contributed by atoms with E-state index in [1.165, 1.54) is 11.3 Å². The highest BCUT2D eigenvalue weighted by Crippen LogP contribution is 2.27. The Labute approximate surface area is 139 Å². The molecule has 0 aliphatic heterocycles. The van der Waals surface area contributed by atoms with Crippen LogP contribution in [-0.2, 0) is 0 Å². The van der Waals surface area contributed by atoms with Crippen molar-refractivity contribution in [1.29, 1.82) is 0 Å². The summed E-state index contributed by atoms with van der Waals surface area (Å²) in [5.74, 6) is -0.0183. The SMILES string of the molecule is O=C(Nc1nc(-c2cccc(O)c2)cs1)c1ccc(Br)cc1. The van der Waals surface area contributed by atoms with Crippen molar-refractivity contribution >= 4 is 38.3 Å². The van der Waals surface area contributed by atoms with Crippen LogP contribution in [-0.4, -0.2) is 16.0 Å². The van der Waals surface area contributed by atoms with Gasteiger partial charge in [0.2, 0.25) is 0 Å². The summed E-state index contributed by atoms with van der Waals surface area (Å²) in [6, 6.07) is 14.0. The zero-order chi connectivity index (χ0) is 15.5. The van der Waals surface area contributed by atoms with Gasteiger partial charge in [0.1, 0.15) is 5.75 Å². The number of hydrogen-bond acceptors (Lipinski definition) is 4. The number of aromatic hydroxyl groups is 1. The van der Waals surface area contributed by atoms with Crippen molar-refractivity contribution < 1.29 is 9.90 Å². The zero-order valence-electron chi connectivity index (χ0n) is 11.3. The van der Waals surface area contributed by atoms with Crippen LogP contribution in [0.4, 0.5) is 5.13 Å². The minimum Gasteiger partial charge on any atom is -0.508 e. The van der Waals surface area contributed by atoms with Crippen LogP contribution in [0.3, 0.4) is 0 Å². The number of rotatable bonds is 3. The highest BCUT2D eigenvalue weighted by molar-refractivity contribution is 9.10. The second-order valence-corrected chi connectivity index (χ2v) is 6.32. The summed E-state index contributed by atoms with van der Waals surface area (Å²) in [6.45, 7) is 0. The first-order valence-electron chi connectivity index (χ1n) is 6.44. The van der Waals surface area contributed by atoms with E-state index in [1.807, 2.05) is 23.6 Å². The van der Waals surface area contributed by atoms with Gasteiger partial charge < -0.3 is 5.11 Å². The average Bonchev–Trinajstić information content (AvgIpc) is 2.96. The third kappa shape index (κ3) is 3.35. The summed E-state index contributed by atoms with van der Waals surface area (Å²) >= 11 is 4.68. The summed E-state index contributed by atoms with van der Waals surface area (Å²) < 4.78 is 0.921. The molecule has 1 aromatic heterocycles. The van der Waals surface area contributed by atoms with Gasteiger partial charge in [-0.3, -0.25) is 10.1 Å². The van der Waals surface area contributed by atoms with Gasteiger partial charge in [-0.25, -0.2) is 4.98 Å². The Morgan fingerprint density at radius 2 is 1.95 bits per heavy atom. The van der Waals surface area contributed by atoms with E-state index in [9.17, 15) is 9.90 Å². The maximum Gasteiger partial charge on any atom is 0.257 e. The molecule has 1 heterocycles. The van der Waals surface area contributed by atoms with Crippen molar-refractivity contribution in [2.75, 3.05) is 5.32 Å². The number of anilines is 1. The van der Waals surface area contributed by atoms with E-state index >= 15 is 0 Å². The van der Waals surface area contributed by atoms with E-state index in [0.717, 1.165) is 10.0 Å². The van der Waals surface area contributed by atoms with Crippen LogP contribution in [0.5, 0.6) is 5.75 Å². The number of phenolic OH excluding ortho intramolecular Hbond substituents is 1. The molecule has 110 valence electrons. The van der Waals surface area contributed by atoms with Crippen LogP contribution >= 0.6 is 27.3 Å². The van der Waals surface area contributed by atoms with Crippen molar-refractivity contribution in [1.82, 2.24) is 4.98 Å². The normalized spacial score (nSPS) is 10.4. The van der Waals surface area contributed by atoms with Crippen molar-refractivity contribution in [3.8, 4) is 17.0 Å². The number of carbonyl (C=O) groups is 1. The van der Waals surface area contributed by atoms with Crippen LogP contribution in [0.15, 0.2) is 58.4 Å². The van der Waals surface area contributed by atoms with Gasteiger partial charge in [0.25, 0.3) is 5.91 Å². The summed E-state index contributed by atoms with van der Waals surface area (Å²) in [6.07, 6.45) is 0. The molecule has 1 amide bonds. The molecule has 3 aromatic rings. The lowest BCUT2D eigenvalue weighted by Crippen LogP contribution is -2.11. The second-order valence-electron chi connectivity index (χ2n) is 4.55. The highest BCUT2D eigenvalue weighted by Gasteiger charge is 2.10. The quantitative estimate of drug-likeness (QED) is 0.707. The molecule has 22 heavy (non-hydrogen) atoms. The first-order chi connectivity index (χ1) is 10.6. The Morgan fingerprint density at radius 3 is 2.68 bits per heavy atom. The van der Waals surface area contributed by atoms with Crippen molar-refractivity contribution in [3.63, 3.8) is 0 Å². The molecule has 2 aromatic carbocycles. The lowest BCUT2D eigenvalue weighted by atomic mass is 10.2.